The monoisotopic (exact) mass is 285 g/mol. The first kappa shape index (κ1) is 14.6. The van der Waals surface area contributed by atoms with Crippen molar-refractivity contribution >= 4 is 23.3 Å². The van der Waals surface area contributed by atoms with E-state index in [1.807, 2.05) is 30.3 Å². The molecule has 3 N–H and O–H groups in total. The molecule has 0 unspecified atom stereocenters. The maximum atomic E-state index is 10.9. The Morgan fingerprint density at radius 1 is 0.857 bits per heavy atom. The molecule has 0 amide bonds. The van der Waals surface area contributed by atoms with Gasteiger partial charge in [0.15, 0.2) is 5.92 Å². The lowest BCUT2D eigenvalue weighted by atomic mass is 9.99. The Morgan fingerprint density at radius 2 is 1.38 bits per heavy atom. The van der Waals surface area contributed by atoms with Crippen molar-refractivity contribution in [2.45, 2.75) is 6.42 Å². The molecule has 5 heteroatoms. The fourth-order valence-electron chi connectivity index (χ4n) is 1.93. The van der Waals surface area contributed by atoms with Crippen LogP contribution in [0.4, 0.5) is 11.4 Å². The van der Waals surface area contributed by atoms with Crippen molar-refractivity contribution in [1.82, 2.24) is 0 Å². The Hall–Kier alpha value is -2.82. The number of carbonyl (C=O) groups is 2. The number of carboxylic acid groups (broad SMARTS) is 2. The number of anilines is 2. The molecule has 0 atom stereocenters. The summed E-state index contributed by atoms with van der Waals surface area (Å²) in [6, 6.07) is 16.7. The lowest BCUT2D eigenvalue weighted by Gasteiger charge is -2.09. The van der Waals surface area contributed by atoms with Crippen molar-refractivity contribution < 1.29 is 19.8 Å². The number of carboxylic acids is 2. The topological polar surface area (TPSA) is 86.6 Å². The van der Waals surface area contributed by atoms with Crippen LogP contribution in [0.1, 0.15) is 5.56 Å². The minimum absolute atomic E-state index is 0.0315. The van der Waals surface area contributed by atoms with E-state index in [0.29, 0.717) is 5.56 Å². The summed E-state index contributed by atoms with van der Waals surface area (Å²) in [4.78, 5) is 21.7. The molecule has 0 heterocycles. The van der Waals surface area contributed by atoms with E-state index in [2.05, 4.69) is 5.32 Å². The summed E-state index contributed by atoms with van der Waals surface area (Å²) in [5.41, 5.74) is 2.47. The second kappa shape index (κ2) is 6.56. The van der Waals surface area contributed by atoms with Crippen LogP contribution in [0.2, 0.25) is 0 Å². The summed E-state index contributed by atoms with van der Waals surface area (Å²) >= 11 is 0. The van der Waals surface area contributed by atoms with Crippen LogP contribution >= 0.6 is 0 Å². The van der Waals surface area contributed by atoms with Gasteiger partial charge >= 0.3 is 11.9 Å². The number of aliphatic carboxylic acids is 2. The van der Waals surface area contributed by atoms with Crippen molar-refractivity contribution in [2.75, 3.05) is 5.32 Å². The highest BCUT2D eigenvalue weighted by Crippen LogP contribution is 2.18. The van der Waals surface area contributed by atoms with Crippen LogP contribution in [-0.4, -0.2) is 22.2 Å². The number of para-hydroxylation sites is 1. The molecule has 5 nitrogen and oxygen atoms in total. The van der Waals surface area contributed by atoms with E-state index >= 15 is 0 Å². The maximum Gasteiger partial charge on any atom is 0.318 e. The van der Waals surface area contributed by atoms with E-state index in [4.69, 9.17) is 10.2 Å². The molecule has 0 aromatic heterocycles. The Balaban J connectivity index is 2.05. The first-order valence-corrected chi connectivity index (χ1v) is 6.43. The van der Waals surface area contributed by atoms with Crippen LogP contribution in [-0.2, 0) is 16.0 Å². The molecule has 0 saturated heterocycles. The fourth-order valence-corrected chi connectivity index (χ4v) is 1.93. The summed E-state index contributed by atoms with van der Waals surface area (Å²) < 4.78 is 0. The zero-order chi connectivity index (χ0) is 15.2. The SMILES string of the molecule is O=C(O)C(Cc1ccc(Nc2ccccc2)cc1)C(=O)O. The van der Waals surface area contributed by atoms with Crippen molar-refractivity contribution in [1.29, 1.82) is 0 Å². The Bertz CT molecular complexity index is 608. The van der Waals surface area contributed by atoms with E-state index < -0.39 is 17.9 Å². The third-order valence-corrected chi connectivity index (χ3v) is 3.05. The number of nitrogens with one attached hydrogen (secondary N) is 1. The highest BCUT2D eigenvalue weighted by Gasteiger charge is 2.25. The van der Waals surface area contributed by atoms with Gasteiger partial charge in [0, 0.05) is 11.4 Å². The first-order chi connectivity index (χ1) is 10.1. The third-order valence-electron chi connectivity index (χ3n) is 3.05. The standard InChI is InChI=1S/C16H15NO4/c18-15(19)14(16(20)21)10-11-6-8-13(9-7-11)17-12-4-2-1-3-5-12/h1-9,14,17H,10H2,(H,18,19)(H,20,21). The van der Waals surface area contributed by atoms with Gasteiger partial charge < -0.3 is 15.5 Å². The summed E-state index contributed by atoms with van der Waals surface area (Å²) in [5.74, 6) is -4.07. The van der Waals surface area contributed by atoms with Crippen molar-refractivity contribution in [2.24, 2.45) is 5.92 Å². The number of rotatable bonds is 6. The fraction of sp³-hybridized carbons (Fsp3) is 0.125. The second-order valence-electron chi connectivity index (χ2n) is 4.62. The summed E-state index contributed by atoms with van der Waals surface area (Å²) in [6.07, 6.45) is -0.0315. The van der Waals surface area contributed by atoms with Crippen molar-refractivity contribution in [3.05, 3.63) is 60.2 Å². The predicted molar refractivity (Wildman–Crippen MR) is 78.6 cm³/mol. The quantitative estimate of drug-likeness (QED) is 0.710. The molecule has 0 aliphatic rings. The normalized spacial score (nSPS) is 10.3. The van der Waals surface area contributed by atoms with E-state index in [-0.39, 0.29) is 6.42 Å². The average molecular weight is 285 g/mol. The van der Waals surface area contributed by atoms with E-state index in [0.717, 1.165) is 11.4 Å². The molecule has 108 valence electrons. The van der Waals surface area contributed by atoms with Gasteiger partial charge in [0.25, 0.3) is 0 Å². The number of benzene rings is 2. The zero-order valence-electron chi connectivity index (χ0n) is 11.2. The Kier molecular flexibility index (Phi) is 4.56. The van der Waals surface area contributed by atoms with Gasteiger partial charge in [-0.2, -0.15) is 0 Å². The van der Waals surface area contributed by atoms with Crippen LogP contribution < -0.4 is 5.32 Å². The molecule has 0 bridgehead atoms. The van der Waals surface area contributed by atoms with Gasteiger partial charge in [0.2, 0.25) is 0 Å². The van der Waals surface area contributed by atoms with E-state index in [1.165, 1.54) is 0 Å². The Morgan fingerprint density at radius 3 is 1.90 bits per heavy atom. The van der Waals surface area contributed by atoms with E-state index in [1.54, 1.807) is 24.3 Å². The molecule has 0 radical (unpaired) electrons. The highest BCUT2D eigenvalue weighted by atomic mass is 16.4. The van der Waals surface area contributed by atoms with Crippen LogP contribution in [0.5, 0.6) is 0 Å². The van der Waals surface area contributed by atoms with Crippen molar-refractivity contribution in [3.8, 4) is 0 Å². The third kappa shape index (κ3) is 4.07. The molecule has 0 saturated carbocycles. The minimum Gasteiger partial charge on any atom is -0.481 e. The second-order valence-corrected chi connectivity index (χ2v) is 4.62. The molecular formula is C16H15NO4. The molecular weight excluding hydrogens is 270 g/mol. The molecule has 0 aliphatic carbocycles. The van der Waals surface area contributed by atoms with Crippen LogP contribution in [0.3, 0.4) is 0 Å². The van der Waals surface area contributed by atoms with Gasteiger partial charge in [-0.05, 0) is 36.2 Å². The summed E-state index contributed by atoms with van der Waals surface area (Å²) in [6.45, 7) is 0. The van der Waals surface area contributed by atoms with Gasteiger partial charge in [-0.25, -0.2) is 0 Å². The average Bonchev–Trinajstić information content (AvgIpc) is 2.47. The van der Waals surface area contributed by atoms with Crippen LogP contribution in [0.25, 0.3) is 0 Å². The van der Waals surface area contributed by atoms with Gasteiger partial charge in [-0.1, -0.05) is 30.3 Å². The highest BCUT2D eigenvalue weighted by molar-refractivity contribution is 5.93. The minimum atomic E-state index is -1.42. The lowest BCUT2D eigenvalue weighted by Crippen LogP contribution is -2.25. The molecule has 0 aliphatic heterocycles. The van der Waals surface area contributed by atoms with E-state index in [9.17, 15) is 9.59 Å². The smallest absolute Gasteiger partial charge is 0.318 e. The predicted octanol–water partition coefficient (Wildman–Crippen LogP) is 2.76. The lowest BCUT2D eigenvalue weighted by molar-refractivity contribution is -0.154. The largest absolute Gasteiger partial charge is 0.481 e. The van der Waals surface area contributed by atoms with Gasteiger partial charge in [0.1, 0.15) is 0 Å². The molecule has 0 spiro atoms. The van der Waals surface area contributed by atoms with Crippen LogP contribution in [0.15, 0.2) is 54.6 Å². The molecule has 0 fully saturated rings. The zero-order valence-corrected chi connectivity index (χ0v) is 11.2. The molecule has 2 aromatic carbocycles. The van der Waals surface area contributed by atoms with Crippen molar-refractivity contribution in [3.63, 3.8) is 0 Å². The maximum absolute atomic E-state index is 10.9. The van der Waals surface area contributed by atoms with Crippen LogP contribution in [0, 0.1) is 5.92 Å². The number of hydrogen-bond acceptors (Lipinski definition) is 3. The van der Waals surface area contributed by atoms with Gasteiger partial charge in [-0.3, -0.25) is 9.59 Å². The first-order valence-electron chi connectivity index (χ1n) is 6.43. The van der Waals surface area contributed by atoms with Gasteiger partial charge in [0.05, 0.1) is 0 Å². The Labute approximate surface area is 121 Å². The number of hydrogen-bond donors (Lipinski definition) is 3. The molecule has 2 rings (SSSR count). The van der Waals surface area contributed by atoms with Gasteiger partial charge in [-0.15, -0.1) is 0 Å². The summed E-state index contributed by atoms with van der Waals surface area (Å²) in [7, 11) is 0. The summed E-state index contributed by atoms with van der Waals surface area (Å²) in [5, 5.41) is 20.9. The molecule has 2 aromatic rings. The molecule has 21 heavy (non-hydrogen) atoms.